The van der Waals surface area contributed by atoms with Crippen LogP contribution in [0, 0.1) is 5.82 Å². The average Bonchev–Trinajstić information content (AvgIpc) is 2.96. The highest BCUT2D eigenvalue weighted by molar-refractivity contribution is 7.80. The maximum absolute atomic E-state index is 13.4. The molecule has 0 spiro atoms. The molecular weight excluding hydrogens is 309 g/mol. The zero-order valence-electron chi connectivity index (χ0n) is 12.1. The summed E-state index contributed by atoms with van der Waals surface area (Å²) in [5, 5.41) is 10.6. The number of benzene rings is 1. The molecule has 1 saturated heterocycles. The van der Waals surface area contributed by atoms with Crippen molar-refractivity contribution in [1.82, 2.24) is 10.6 Å². The highest BCUT2D eigenvalue weighted by Crippen LogP contribution is 2.27. The van der Waals surface area contributed by atoms with Crippen LogP contribution in [0.25, 0.3) is 0 Å². The number of unbranched alkanes of at least 4 members (excludes halogenated alkanes) is 1. The van der Waals surface area contributed by atoms with E-state index in [1.165, 1.54) is 25.0 Å². The fourth-order valence-corrected chi connectivity index (χ4v) is 2.98. The van der Waals surface area contributed by atoms with Gasteiger partial charge in [-0.05, 0) is 50.9 Å². The number of halogens is 2. The Kier molecular flexibility index (Phi) is 7.10. The van der Waals surface area contributed by atoms with E-state index in [1.807, 2.05) is 0 Å². The van der Waals surface area contributed by atoms with E-state index in [-0.39, 0.29) is 10.7 Å². The fourth-order valence-electron chi connectivity index (χ4n) is 2.48. The summed E-state index contributed by atoms with van der Waals surface area (Å²) in [6.45, 7) is 4.00. The van der Waals surface area contributed by atoms with Crippen LogP contribution in [-0.4, -0.2) is 32.2 Å². The monoisotopic (exact) mass is 331 g/mol. The first-order valence-corrected chi connectivity index (χ1v) is 8.35. The SMILES string of the molecule is Fc1cc(NCCCCNC[C@@H]2CCCN2)c(Cl)cc1S. The smallest absolute Gasteiger partial charge is 0.138 e. The molecule has 1 aromatic carbocycles. The van der Waals surface area contributed by atoms with Crippen LogP contribution in [-0.2, 0) is 0 Å². The van der Waals surface area contributed by atoms with Crippen molar-refractivity contribution in [3.05, 3.63) is 23.0 Å². The summed E-state index contributed by atoms with van der Waals surface area (Å²) >= 11 is 10.0. The summed E-state index contributed by atoms with van der Waals surface area (Å²) in [6, 6.07) is 3.57. The third kappa shape index (κ3) is 5.66. The number of rotatable bonds is 8. The second-order valence-corrected chi connectivity index (χ2v) is 6.30. The first-order valence-electron chi connectivity index (χ1n) is 7.53. The first-order chi connectivity index (χ1) is 10.2. The predicted octanol–water partition coefficient (Wildman–Crippen LogP) is 3.30. The van der Waals surface area contributed by atoms with E-state index in [4.69, 9.17) is 11.6 Å². The highest BCUT2D eigenvalue weighted by atomic mass is 35.5. The molecule has 0 saturated carbocycles. The van der Waals surface area contributed by atoms with Gasteiger partial charge in [0, 0.05) is 24.0 Å². The molecule has 1 atom stereocenters. The molecule has 0 radical (unpaired) electrons. The van der Waals surface area contributed by atoms with Crippen molar-refractivity contribution in [3.63, 3.8) is 0 Å². The Balaban J connectivity index is 1.56. The summed E-state index contributed by atoms with van der Waals surface area (Å²) in [5.74, 6) is -0.351. The van der Waals surface area contributed by atoms with E-state index in [9.17, 15) is 4.39 Å². The highest BCUT2D eigenvalue weighted by Gasteiger charge is 2.12. The van der Waals surface area contributed by atoms with Crippen LogP contribution in [0.2, 0.25) is 5.02 Å². The van der Waals surface area contributed by atoms with E-state index < -0.39 is 0 Å². The molecule has 0 aliphatic carbocycles. The molecule has 1 aliphatic rings. The standard InChI is InChI=1S/C15H23ClFN3S/c16-12-8-15(21)13(17)9-14(12)20-6-2-1-5-18-10-11-4-3-7-19-11/h8-9,11,18-21H,1-7,10H2/t11-/m0/s1. The van der Waals surface area contributed by atoms with Crippen molar-refractivity contribution in [3.8, 4) is 0 Å². The van der Waals surface area contributed by atoms with Gasteiger partial charge in [-0.1, -0.05) is 11.6 Å². The summed E-state index contributed by atoms with van der Waals surface area (Å²) in [5.41, 5.74) is 0.634. The fraction of sp³-hybridized carbons (Fsp3) is 0.600. The van der Waals surface area contributed by atoms with Crippen LogP contribution >= 0.6 is 24.2 Å². The Bertz CT molecular complexity index is 453. The van der Waals surface area contributed by atoms with E-state index in [1.54, 1.807) is 0 Å². The molecule has 0 unspecified atom stereocenters. The molecular formula is C15H23ClFN3S. The van der Waals surface area contributed by atoms with Crippen molar-refractivity contribution in [2.45, 2.75) is 36.6 Å². The van der Waals surface area contributed by atoms with Crippen molar-refractivity contribution in [2.24, 2.45) is 0 Å². The third-order valence-electron chi connectivity index (χ3n) is 3.69. The minimum absolute atomic E-state index is 0.273. The van der Waals surface area contributed by atoms with Crippen molar-refractivity contribution < 1.29 is 4.39 Å². The molecule has 1 fully saturated rings. The molecule has 21 heavy (non-hydrogen) atoms. The first kappa shape index (κ1) is 16.9. The Hall–Kier alpha value is -0.490. The van der Waals surface area contributed by atoms with Gasteiger partial charge in [0.25, 0.3) is 0 Å². The summed E-state index contributed by atoms with van der Waals surface area (Å²) in [4.78, 5) is 0.273. The lowest BCUT2D eigenvalue weighted by atomic mass is 10.2. The van der Waals surface area contributed by atoms with Crippen molar-refractivity contribution in [1.29, 1.82) is 0 Å². The predicted molar refractivity (Wildman–Crippen MR) is 90.3 cm³/mol. The Morgan fingerprint density at radius 2 is 2.14 bits per heavy atom. The summed E-state index contributed by atoms with van der Waals surface area (Å²) in [6.07, 6.45) is 4.68. The van der Waals surface area contributed by atoms with E-state index in [0.29, 0.717) is 16.8 Å². The number of anilines is 1. The molecule has 0 aromatic heterocycles. The van der Waals surface area contributed by atoms with E-state index in [0.717, 1.165) is 39.0 Å². The molecule has 3 N–H and O–H groups in total. The van der Waals surface area contributed by atoms with Crippen molar-refractivity contribution in [2.75, 3.05) is 31.5 Å². The van der Waals surface area contributed by atoms with Gasteiger partial charge in [0.15, 0.2) is 0 Å². The normalized spacial score (nSPS) is 18.1. The van der Waals surface area contributed by atoms with Crippen LogP contribution in [0.1, 0.15) is 25.7 Å². The van der Waals surface area contributed by atoms with Crippen LogP contribution in [0.15, 0.2) is 17.0 Å². The summed E-state index contributed by atoms with van der Waals surface area (Å²) < 4.78 is 13.4. The third-order valence-corrected chi connectivity index (χ3v) is 4.34. The van der Waals surface area contributed by atoms with Crippen LogP contribution in [0.4, 0.5) is 10.1 Å². The molecule has 1 aromatic rings. The van der Waals surface area contributed by atoms with Gasteiger partial charge in [-0.3, -0.25) is 0 Å². The maximum Gasteiger partial charge on any atom is 0.138 e. The van der Waals surface area contributed by atoms with Gasteiger partial charge < -0.3 is 16.0 Å². The average molecular weight is 332 g/mol. The quantitative estimate of drug-likeness (QED) is 0.436. The number of thiol groups is 1. The second kappa shape index (κ2) is 8.83. The molecule has 1 heterocycles. The van der Waals surface area contributed by atoms with Crippen LogP contribution in [0.3, 0.4) is 0 Å². The largest absolute Gasteiger partial charge is 0.384 e. The lowest BCUT2D eigenvalue weighted by Gasteiger charge is -2.12. The Morgan fingerprint density at radius 3 is 2.90 bits per heavy atom. The lowest BCUT2D eigenvalue weighted by molar-refractivity contribution is 0.526. The van der Waals surface area contributed by atoms with E-state index >= 15 is 0 Å². The van der Waals surface area contributed by atoms with Gasteiger partial charge >= 0.3 is 0 Å². The Labute approximate surface area is 136 Å². The molecule has 3 nitrogen and oxygen atoms in total. The van der Waals surface area contributed by atoms with Crippen LogP contribution < -0.4 is 16.0 Å². The van der Waals surface area contributed by atoms with Gasteiger partial charge in [0.2, 0.25) is 0 Å². The molecule has 0 bridgehead atoms. The Morgan fingerprint density at radius 1 is 1.33 bits per heavy atom. The summed E-state index contributed by atoms with van der Waals surface area (Å²) in [7, 11) is 0. The lowest BCUT2D eigenvalue weighted by Crippen LogP contribution is -2.34. The second-order valence-electron chi connectivity index (χ2n) is 5.41. The zero-order chi connectivity index (χ0) is 15.1. The zero-order valence-corrected chi connectivity index (χ0v) is 13.7. The minimum Gasteiger partial charge on any atom is -0.384 e. The maximum atomic E-state index is 13.4. The van der Waals surface area contributed by atoms with Gasteiger partial charge in [-0.25, -0.2) is 4.39 Å². The van der Waals surface area contributed by atoms with Gasteiger partial charge in [-0.2, -0.15) is 0 Å². The van der Waals surface area contributed by atoms with Crippen molar-refractivity contribution >= 4 is 29.9 Å². The molecule has 1 aliphatic heterocycles. The van der Waals surface area contributed by atoms with Gasteiger partial charge in [0.1, 0.15) is 5.82 Å². The minimum atomic E-state index is -0.351. The molecule has 6 heteroatoms. The molecule has 0 amide bonds. The van der Waals surface area contributed by atoms with Gasteiger partial charge in [-0.15, -0.1) is 12.6 Å². The van der Waals surface area contributed by atoms with E-state index in [2.05, 4.69) is 28.6 Å². The number of hydrogen-bond acceptors (Lipinski definition) is 4. The van der Waals surface area contributed by atoms with Crippen LogP contribution in [0.5, 0.6) is 0 Å². The molecule has 118 valence electrons. The number of nitrogens with one attached hydrogen (secondary N) is 3. The topological polar surface area (TPSA) is 36.1 Å². The van der Waals surface area contributed by atoms with Gasteiger partial charge in [0.05, 0.1) is 10.7 Å². The number of hydrogen-bond donors (Lipinski definition) is 4. The molecule has 2 rings (SSSR count).